The van der Waals surface area contributed by atoms with Crippen molar-refractivity contribution in [2.24, 2.45) is 0 Å². The fourth-order valence-electron chi connectivity index (χ4n) is 3.97. The van der Waals surface area contributed by atoms with Crippen LogP contribution in [-0.2, 0) is 0 Å². The Morgan fingerprint density at radius 1 is 1.00 bits per heavy atom. The molecule has 6 heteroatoms. The molecule has 156 valence electrons. The second kappa shape index (κ2) is 8.40. The average molecular weight is 431 g/mol. The summed E-state index contributed by atoms with van der Waals surface area (Å²) in [5.41, 5.74) is 3.88. The van der Waals surface area contributed by atoms with Crippen LogP contribution >= 0.6 is 11.3 Å². The Bertz CT molecular complexity index is 1170. The first-order chi connectivity index (χ1) is 15.2. The highest BCUT2D eigenvalue weighted by molar-refractivity contribution is 7.12. The van der Waals surface area contributed by atoms with Gasteiger partial charge < -0.3 is 14.2 Å². The summed E-state index contributed by atoms with van der Waals surface area (Å²) in [4.78, 5) is 16.5. The van der Waals surface area contributed by atoms with E-state index >= 15 is 0 Å². The van der Waals surface area contributed by atoms with Crippen molar-refractivity contribution < 1.29 is 14.1 Å². The summed E-state index contributed by atoms with van der Waals surface area (Å²) in [7, 11) is 1.63. The number of aromatic nitrogens is 1. The van der Waals surface area contributed by atoms with Crippen LogP contribution < -0.4 is 9.64 Å². The zero-order valence-electron chi connectivity index (χ0n) is 17.2. The maximum absolute atomic E-state index is 13.4. The molecule has 1 fully saturated rings. The van der Waals surface area contributed by atoms with Gasteiger partial charge in [-0.3, -0.25) is 4.79 Å². The Balaban J connectivity index is 1.58. The van der Waals surface area contributed by atoms with Gasteiger partial charge in [-0.05, 0) is 72.8 Å². The van der Waals surface area contributed by atoms with E-state index in [4.69, 9.17) is 9.26 Å². The number of ketones is 1. The zero-order valence-corrected chi connectivity index (χ0v) is 18.0. The molecule has 5 nitrogen and oxygen atoms in total. The molecule has 1 saturated heterocycles. The van der Waals surface area contributed by atoms with Gasteiger partial charge in [-0.2, -0.15) is 0 Å². The van der Waals surface area contributed by atoms with Gasteiger partial charge in [-0.1, -0.05) is 11.2 Å². The van der Waals surface area contributed by atoms with Gasteiger partial charge in [0.25, 0.3) is 0 Å². The molecule has 0 radical (unpaired) electrons. The summed E-state index contributed by atoms with van der Waals surface area (Å²) in [6.45, 7) is 2.18. The van der Waals surface area contributed by atoms with Crippen molar-refractivity contribution in [3.05, 3.63) is 76.5 Å². The van der Waals surface area contributed by atoms with Crippen molar-refractivity contribution >= 4 is 22.8 Å². The number of benzene rings is 2. The summed E-state index contributed by atoms with van der Waals surface area (Å²) in [5, 5.41) is 6.21. The molecule has 1 aliphatic heterocycles. The maximum Gasteiger partial charge on any atom is 0.209 e. The van der Waals surface area contributed by atoms with Crippen LogP contribution in [0.15, 0.2) is 70.6 Å². The number of thiophene rings is 1. The van der Waals surface area contributed by atoms with Gasteiger partial charge in [0.2, 0.25) is 5.78 Å². The number of ether oxygens (including phenoxy) is 1. The van der Waals surface area contributed by atoms with E-state index in [1.54, 1.807) is 7.11 Å². The molecule has 0 unspecified atom stereocenters. The maximum atomic E-state index is 13.4. The lowest BCUT2D eigenvalue weighted by molar-refractivity contribution is 0.104. The number of carbonyl (C=O) groups excluding carboxylic acids is 1. The highest BCUT2D eigenvalue weighted by Crippen LogP contribution is 2.36. The molecule has 1 aliphatic rings. The van der Waals surface area contributed by atoms with Crippen molar-refractivity contribution in [2.75, 3.05) is 25.1 Å². The fourth-order valence-corrected chi connectivity index (χ4v) is 4.64. The van der Waals surface area contributed by atoms with Gasteiger partial charge >= 0.3 is 0 Å². The Kier molecular flexibility index (Phi) is 5.30. The van der Waals surface area contributed by atoms with Crippen molar-refractivity contribution in [1.82, 2.24) is 5.16 Å². The first-order valence-corrected chi connectivity index (χ1v) is 11.2. The second-order valence-corrected chi connectivity index (χ2v) is 8.46. The van der Waals surface area contributed by atoms with Crippen LogP contribution in [-0.4, -0.2) is 31.1 Å². The van der Waals surface area contributed by atoms with E-state index in [0.29, 0.717) is 21.9 Å². The molecule has 31 heavy (non-hydrogen) atoms. The van der Waals surface area contributed by atoms with E-state index in [-0.39, 0.29) is 5.78 Å². The monoisotopic (exact) mass is 430 g/mol. The van der Waals surface area contributed by atoms with Gasteiger partial charge in [-0.25, -0.2) is 0 Å². The van der Waals surface area contributed by atoms with Crippen molar-refractivity contribution in [3.8, 4) is 28.3 Å². The molecule has 2 aromatic carbocycles. The standard InChI is InChI=1S/C25H22N2O3S/c1-29-20-12-8-17(9-13-20)23-22(24(28)21-5-4-16-31-21)25(30-26-23)18-6-10-19(11-7-18)27-14-2-3-15-27/h4-13,16H,2-3,14-15H2,1H3. The van der Waals surface area contributed by atoms with Gasteiger partial charge in [0.15, 0.2) is 5.76 Å². The van der Waals surface area contributed by atoms with E-state index in [9.17, 15) is 4.79 Å². The minimum absolute atomic E-state index is 0.0827. The van der Waals surface area contributed by atoms with Crippen LogP contribution in [0.3, 0.4) is 0 Å². The number of carbonyl (C=O) groups is 1. The Morgan fingerprint density at radius 3 is 2.35 bits per heavy atom. The molecule has 2 aromatic heterocycles. The lowest BCUT2D eigenvalue weighted by Crippen LogP contribution is -2.17. The molecule has 5 rings (SSSR count). The minimum atomic E-state index is -0.0827. The molecular formula is C25H22N2O3S. The number of hydrogen-bond donors (Lipinski definition) is 0. The summed E-state index contributed by atoms with van der Waals surface area (Å²) < 4.78 is 11.0. The molecule has 3 heterocycles. The molecule has 4 aromatic rings. The molecular weight excluding hydrogens is 408 g/mol. The van der Waals surface area contributed by atoms with Crippen LogP contribution in [0.4, 0.5) is 5.69 Å². The van der Waals surface area contributed by atoms with E-state index in [0.717, 1.165) is 30.0 Å². The van der Waals surface area contributed by atoms with Crippen LogP contribution in [0.1, 0.15) is 28.1 Å². The highest BCUT2D eigenvalue weighted by Gasteiger charge is 2.27. The third-order valence-corrected chi connectivity index (χ3v) is 6.50. The van der Waals surface area contributed by atoms with Gasteiger partial charge in [0, 0.05) is 29.9 Å². The van der Waals surface area contributed by atoms with Gasteiger partial charge in [0.1, 0.15) is 11.4 Å². The van der Waals surface area contributed by atoms with E-state index < -0.39 is 0 Å². The van der Waals surface area contributed by atoms with Crippen LogP contribution in [0.5, 0.6) is 5.75 Å². The SMILES string of the molecule is COc1ccc(-c2noc(-c3ccc(N4CCCC4)cc3)c2C(=O)c2cccs2)cc1. The third-order valence-electron chi connectivity index (χ3n) is 5.63. The largest absolute Gasteiger partial charge is 0.497 e. The van der Waals surface area contributed by atoms with E-state index in [1.807, 2.05) is 53.9 Å². The predicted molar refractivity (Wildman–Crippen MR) is 123 cm³/mol. The van der Waals surface area contributed by atoms with Crippen molar-refractivity contribution in [1.29, 1.82) is 0 Å². The minimum Gasteiger partial charge on any atom is -0.497 e. The summed E-state index contributed by atoms with van der Waals surface area (Å²) in [6, 6.07) is 19.4. The number of methoxy groups -OCH3 is 1. The van der Waals surface area contributed by atoms with Crippen LogP contribution in [0.25, 0.3) is 22.6 Å². The molecule has 0 saturated carbocycles. The molecule has 0 spiro atoms. The number of nitrogens with zero attached hydrogens (tertiary/aromatic N) is 2. The normalized spacial score (nSPS) is 13.5. The van der Waals surface area contributed by atoms with Crippen LogP contribution in [0, 0.1) is 0 Å². The quantitative estimate of drug-likeness (QED) is 0.356. The molecule has 0 amide bonds. The lowest BCUT2D eigenvalue weighted by atomic mass is 9.98. The molecule has 0 N–H and O–H groups in total. The Labute approximate surface area is 184 Å². The lowest BCUT2D eigenvalue weighted by Gasteiger charge is -2.17. The van der Waals surface area contributed by atoms with Gasteiger partial charge in [0.05, 0.1) is 17.6 Å². The number of anilines is 1. The topological polar surface area (TPSA) is 55.6 Å². The molecule has 0 aliphatic carbocycles. The van der Waals surface area contributed by atoms with Crippen LogP contribution in [0.2, 0.25) is 0 Å². The van der Waals surface area contributed by atoms with E-state index in [2.05, 4.69) is 22.2 Å². The van der Waals surface area contributed by atoms with E-state index in [1.165, 1.54) is 29.9 Å². The Morgan fingerprint density at radius 2 is 1.71 bits per heavy atom. The Hall–Kier alpha value is -3.38. The number of rotatable bonds is 6. The predicted octanol–water partition coefficient (Wildman–Crippen LogP) is 5.91. The van der Waals surface area contributed by atoms with Gasteiger partial charge in [-0.15, -0.1) is 11.3 Å². The zero-order chi connectivity index (χ0) is 21.2. The summed E-state index contributed by atoms with van der Waals surface area (Å²) in [5.74, 6) is 1.16. The first kappa shape index (κ1) is 19.6. The smallest absolute Gasteiger partial charge is 0.209 e. The molecule has 0 atom stereocenters. The molecule has 0 bridgehead atoms. The average Bonchev–Trinajstić information content (AvgIpc) is 3.60. The third kappa shape index (κ3) is 3.75. The summed E-state index contributed by atoms with van der Waals surface area (Å²) >= 11 is 1.42. The van der Waals surface area contributed by atoms with Crippen molar-refractivity contribution in [2.45, 2.75) is 12.8 Å². The van der Waals surface area contributed by atoms with Crippen molar-refractivity contribution in [3.63, 3.8) is 0 Å². The summed E-state index contributed by atoms with van der Waals surface area (Å²) in [6.07, 6.45) is 2.46. The number of hydrogen-bond acceptors (Lipinski definition) is 6. The first-order valence-electron chi connectivity index (χ1n) is 10.3. The highest BCUT2D eigenvalue weighted by atomic mass is 32.1. The fraction of sp³-hybridized carbons (Fsp3) is 0.200. The second-order valence-electron chi connectivity index (χ2n) is 7.51.